The van der Waals surface area contributed by atoms with Gasteiger partial charge in [-0.25, -0.2) is 0 Å². The van der Waals surface area contributed by atoms with Gasteiger partial charge in [0.25, 0.3) is 5.91 Å². The maximum absolute atomic E-state index is 11.8. The minimum atomic E-state index is -0.179. The van der Waals surface area contributed by atoms with Crippen molar-refractivity contribution >= 4 is 23.4 Å². The monoisotopic (exact) mass is 312 g/mol. The maximum Gasteiger partial charge on any atom is 0.251 e. The van der Waals surface area contributed by atoms with Crippen molar-refractivity contribution in [2.45, 2.75) is 19.8 Å². The zero-order valence-electron chi connectivity index (χ0n) is 12.1. The molecule has 2 N–H and O–H groups in total. The molecule has 21 heavy (non-hydrogen) atoms. The first kappa shape index (κ1) is 17.5. The van der Waals surface area contributed by atoms with E-state index in [2.05, 4.69) is 5.32 Å². The first-order valence-electron chi connectivity index (χ1n) is 7.01. The molecule has 0 spiro atoms. The van der Waals surface area contributed by atoms with Crippen molar-refractivity contribution in [2.75, 3.05) is 26.2 Å². The van der Waals surface area contributed by atoms with Gasteiger partial charge >= 0.3 is 0 Å². The predicted octanol–water partition coefficient (Wildman–Crippen LogP) is 1.69. The van der Waals surface area contributed by atoms with Gasteiger partial charge in [0.1, 0.15) is 0 Å². The Balaban J connectivity index is 2.29. The summed E-state index contributed by atoms with van der Waals surface area (Å²) < 4.78 is 0. The van der Waals surface area contributed by atoms with Crippen LogP contribution in [0.2, 0.25) is 5.02 Å². The molecule has 0 aliphatic carbocycles. The highest BCUT2D eigenvalue weighted by molar-refractivity contribution is 6.30. The van der Waals surface area contributed by atoms with E-state index in [0.29, 0.717) is 43.1 Å². The van der Waals surface area contributed by atoms with Crippen molar-refractivity contribution in [2.24, 2.45) is 0 Å². The van der Waals surface area contributed by atoms with Crippen molar-refractivity contribution < 1.29 is 14.7 Å². The normalized spacial score (nSPS) is 10.2. The van der Waals surface area contributed by atoms with Crippen LogP contribution in [-0.4, -0.2) is 48.1 Å². The van der Waals surface area contributed by atoms with Crippen LogP contribution in [0.25, 0.3) is 0 Å². The number of carbonyl (C=O) groups excluding carboxylic acids is 2. The van der Waals surface area contributed by atoms with E-state index in [4.69, 9.17) is 16.7 Å². The molecule has 1 aromatic rings. The first-order chi connectivity index (χ1) is 10.1. The Morgan fingerprint density at radius 2 is 1.95 bits per heavy atom. The summed E-state index contributed by atoms with van der Waals surface area (Å²) in [5, 5.41) is 12.2. The molecule has 1 aromatic carbocycles. The molecule has 2 amide bonds. The van der Waals surface area contributed by atoms with Gasteiger partial charge in [0, 0.05) is 36.6 Å². The van der Waals surface area contributed by atoms with Crippen LogP contribution in [0.1, 0.15) is 30.1 Å². The molecule has 0 bridgehead atoms. The number of carbonyl (C=O) groups is 2. The van der Waals surface area contributed by atoms with Crippen LogP contribution in [0.3, 0.4) is 0 Å². The summed E-state index contributed by atoms with van der Waals surface area (Å²) in [6, 6.07) is 6.63. The van der Waals surface area contributed by atoms with E-state index in [0.717, 1.165) is 0 Å². The Hall–Kier alpha value is -1.59. The van der Waals surface area contributed by atoms with Crippen LogP contribution in [0, 0.1) is 0 Å². The van der Waals surface area contributed by atoms with Crippen molar-refractivity contribution in [3.63, 3.8) is 0 Å². The quantitative estimate of drug-likeness (QED) is 0.718. The molecule has 0 unspecified atom stereocenters. The highest BCUT2D eigenvalue weighted by atomic mass is 35.5. The maximum atomic E-state index is 11.8. The molecule has 0 fully saturated rings. The van der Waals surface area contributed by atoms with Gasteiger partial charge < -0.3 is 15.3 Å². The molecule has 0 aromatic heterocycles. The first-order valence-corrected chi connectivity index (χ1v) is 7.38. The number of amides is 2. The topological polar surface area (TPSA) is 69.6 Å². The number of nitrogens with zero attached hydrogens (tertiary/aromatic N) is 1. The lowest BCUT2D eigenvalue weighted by Gasteiger charge is -2.19. The number of rotatable bonds is 8. The van der Waals surface area contributed by atoms with Gasteiger partial charge in [0.15, 0.2) is 0 Å². The second-order valence-electron chi connectivity index (χ2n) is 4.56. The number of hydrogen-bond acceptors (Lipinski definition) is 3. The molecule has 0 aliphatic heterocycles. The molecule has 0 radical (unpaired) electrons. The summed E-state index contributed by atoms with van der Waals surface area (Å²) in [5.41, 5.74) is 0.543. The number of aliphatic hydroxyl groups excluding tert-OH is 1. The molecular formula is C15H21ClN2O3. The molecule has 0 aliphatic rings. The summed E-state index contributed by atoms with van der Waals surface area (Å²) in [5.74, 6) is -0.186. The zero-order chi connectivity index (χ0) is 15.7. The predicted molar refractivity (Wildman–Crippen MR) is 82.4 cm³/mol. The average molecular weight is 313 g/mol. The third-order valence-corrected chi connectivity index (χ3v) is 3.32. The number of benzene rings is 1. The van der Waals surface area contributed by atoms with Crippen molar-refractivity contribution in [3.05, 3.63) is 34.9 Å². The van der Waals surface area contributed by atoms with Crippen molar-refractivity contribution in [1.29, 1.82) is 0 Å². The Morgan fingerprint density at radius 1 is 1.29 bits per heavy atom. The van der Waals surface area contributed by atoms with E-state index in [1.54, 1.807) is 29.2 Å². The number of hydrogen-bond donors (Lipinski definition) is 2. The average Bonchev–Trinajstić information content (AvgIpc) is 2.49. The molecule has 5 nitrogen and oxygen atoms in total. The highest BCUT2D eigenvalue weighted by Gasteiger charge is 2.10. The van der Waals surface area contributed by atoms with E-state index < -0.39 is 0 Å². The molecular weight excluding hydrogens is 292 g/mol. The van der Waals surface area contributed by atoms with Gasteiger partial charge in [-0.15, -0.1) is 0 Å². The minimum absolute atomic E-state index is 0.00714. The standard InChI is InChI=1S/C15H21ClN2O3/c1-2-18(10-11-19)14(20)4-3-9-17-15(21)12-5-7-13(16)8-6-12/h5-8,19H,2-4,9-11H2,1H3,(H,17,21). The van der Waals surface area contributed by atoms with Crippen molar-refractivity contribution in [3.8, 4) is 0 Å². The smallest absolute Gasteiger partial charge is 0.251 e. The fraction of sp³-hybridized carbons (Fsp3) is 0.467. The largest absolute Gasteiger partial charge is 0.395 e. The Kier molecular flexibility index (Phi) is 7.79. The van der Waals surface area contributed by atoms with Gasteiger partial charge in [0.2, 0.25) is 5.91 Å². The molecule has 6 heteroatoms. The molecule has 0 atom stereocenters. The summed E-state index contributed by atoms with van der Waals surface area (Å²) in [4.78, 5) is 25.2. The van der Waals surface area contributed by atoms with E-state index in [1.807, 2.05) is 6.92 Å². The lowest BCUT2D eigenvalue weighted by Crippen LogP contribution is -2.34. The molecule has 0 saturated carbocycles. The van der Waals surface area contributed by atoms with Crippen molar-refractivity contribution in [1.82, 2.24) is 10.2 Å². The molecule has 116 valence electrons. The SMILES string of the molecule is CCN(CCO)C(=O)CCCNC(=O)c1ccc(Cl)cc1. The number of nitrogens with one attached hydrogen (secondary N) is 1. The van der Waals surface area contributed by atoms with Gasteiger partial charge in [0.05, 0.1) is 6.61 Å². The van der Waals surface area contributed by atoms with Crippen LogP contribution in [0.4, 0.5) is 0 Å². The third kappa shape index (κ3) is 6.14. The Morgan fingerprint density at radius 3 is 2.52 bits per heavy atom. The number of halogens is 1. The fourth-order valence-corrected chi connectivity index (χ4v) is 2.01. The van der Waals surface area contributed by atoms with Gasteiger partial charge in [-0.3, -0.25) is 9.59 Å². The van der Waals surface area contributed by atoms with Crippen LogP contribution in [0.5, 0.6) is 0 Å². The Labute approximate surface area is 129 Å². The molecule has 0 saturated heterocycles. The van der Waals surface area contributed by atoms with Gasteiger partial charge in [-0.1, -0.05) is 11.6 Å². The van der Waals surface area contributed by atoms with Crippen LogP contribution < -0.4 is 5.32 Å². The number of aliphatic hydroxyl groups is 1. The fourth-order valence-electron chi connectivity index (χ4n) is 1.88. The second-order valence-corrected chi connectivity index (χ2v) is 5.00. The Bertz CT molecular complexity index is 462. The molecule has 0 heterocycles. The van der Waals surface area contributed by atoms with Crippen LogP contribution in [0.15, 0.2) is 24.3 Å². The van der Waals surface area contributed by atoms with Gasteiger partial charge in [-0.2, -0.15) is 0 Å². The summed E-state index contributed by atoms with van der Waals surface area (Å²) in [6.45, 7) is 3.20. The highest BCUT2D eigenvalue weighted by Crippen LogP contribution is 2.09. The van der Waals surface area contributed by atoms with Crippen LogP contribution >= 0.6 is 11.6 Å². The van der Waals surface area contributed by atoms with E-state index in [-0.39, 0.29) is 18.4 Å². The minimum Gasteiger partial charge on any atom is -0.395 e. The zero-order valence-corrected chi connectivity index (χ0v) is 12.9. The summed E-state index contributed by atoms with van der Waals surface area (Å²) in [6.07, 6.45) is 0.925. The summed E-state index contributed by atoms with van der Waals surface area (Å²) in [7, 11) is 0. The number of likely N-dealkylation sites (N-methyl/N-ethyl adjacent to an activating group) is 1. The molecule has 1 rings (SSSR count). The van der Waals surface area contributed by atoms with E-state index in [9.17, 15) is 9.59 Å². The van der Waals surface area contributed by atoms with E-state index >= 15 is 0 Å². The summed E-state index contributed by atoms with van der Waals surface area (Å²) >= 11 is 5.76. The van der Waals surface area contributed by atoms with Crippen LogP contribution in [-0.2, 0) is 4.79 Å². The lowest BCUT2D eigenvalue weighted by atomic mass is 10.2. The second kappa shape index (κ2) is 9.37. The lowest BCUT2D eigenvalue weighted by molar-refractivity contribution is -0.131. The van der Waals surface area contributed by atoms with E-state index in [1.165, 1.54) is 0 Å². The third-order valence-electron chi connectivity index (χ3n) is 3.06. The van der Waals surface area contributed by atoms with Gasteiger partial charge in [-0.05, 0) is 37.6 Å².